The van der Waals surface area contributed by atoms with E-state index < -0.39 is 0 Å². The van der Waals surface area contributed by atoms with Crippen molar-refractivity contribution in [2.24, 2.45) is 0 Å². The number of aromatic nitrogens is 1. The van der Waals surface area contributed by atoms with Crippen molar-refractivity contribution < 1.29 is 14.0 Å². The third-order valence-electron chi connectivity index (χ3n) is 3.86. The summed E-state index contributed by atoms with van der Waals surface area (Å²) in [5.41, 5.74) is 0.852. The van der Waals surface area contributed by atoms with Crippen LogP contribution in [0.15, 0.2) is 41.3 Å². The van der Waals surface area contributed by atoms with Gasteiger partial charge in [-0.3, -0.25) is 9.59 Å². The molecular formula is C20H20FN3O2S3. The summed E-state index contributed by atoms with van der Waals surface area (Å²) in [7, 11) is 0. The van der Waals surface area contributed by atoms with Crippen LogP contribution in [-0.2, 0) is 16.1 Å². The molecule has 0 radical (unpaired) electrons. The van der Waals surface area contributed by atoms with E-state index in [1.165, 1.54) is 42.2 Å². The second kappa shape index (κ2) is 10.00. The highest BCUT2D eigenvalue weighted by atomic mass is 32.2. The maximum absolute atomic E-state index is 12.9. The maximum atomic E-state index is 12.9. The number of thioether (sulfide) groups is 1. The van der Waals surface area contributed by atoms with Crippen molar-refractivity contribution in [1.29, 1.82) is 0 Å². The molecule has 0 unspecified atom stereocenters. The van der Waals surface area contributed by atoms with E-state index in [9.17, 15) is 14.0 Å². The second-order valence-electron chi connectivity index (χ2n) is 6.20. The normalized spacial score (nSPS) is 10.7. The van der Waals surface area contributed by atoms with Gasteiger partial charge in [0, 0.05) is 33.7 Å². The van der Waals surface area contributed by atoms with E-state index in [0.29, 0.717) is 23.8 Å². The zero-order valence-electron chi connectivity index (χ0n) is 16.0. The van der Waals surface area contributed by atoms with E-state index in [1.807, 2.05) is 19.1 Å². The molecule has 5 nitrogen and oxygen atoms in total. The van der Waals surface area contributed by atoms with Crippen molar-refractivity contribution in [2.75, 3.05) is 11.1 Å². The molecule has 0 aliphatic rings. The van der Waals surface area contributed by atoms with Crippen molar-refractivity contribution in [3.05, 3.63) is 52.0 Å². The fraction of sp³-hybridized carbons (Fsp3) is 0.250. The SMILES string of the molecule is CC(=O)NCc1ccc(-c2nc(NC(=O)CCSc3ccc(F)cc3)sc2C)s1. The molecule has 2 amide bonds. The van der Waals surface area contributed by atoms with E-state index in [1.54, 1.807) is 23.5 Å². The Hall–Kier alpha value is -2.23. The van der Waals surface area contributed by atoms with Crippen LogP contribution in [0.1, 0.15) is 23.1 Å². The first-order valence-corrected chi connectivity index (χ1v) is 11.5. The largest absolute Gasteiger partial charge is 0.351 e. The summed E-state index contributed by atoms with van der Waals surface area (Å²) in [5.74, 6) is 0.173. The van der Waals surface area contributed by atoms with Crippen LogP contribution in [0.25, 0.3) is 10.6 Å². The number of thiazole rings is 1. The van der Waals surface area contributed by atoms with Crippen LogP contribution in [-0.4, -0.2) is 22.6 Å². The Labute approximate surface area is 180 Å². The Morgan fingerprint density at radius 3 is 2.62 bits per heavy atom. The van der Waals surface area contributed by atoms with Crippen LogP contribution in [0.2, 0.25) is 0 Å². The van der Waals surface area contributed by atoms with Crippen LogP contribution < -0.4 is 10.6 Å². The maximum Gasteiger partial charge on any atom is 0.226 e. The molecule has 2 aromatic heterocycles. The fourth-order valence-corrected chi connectivity index (χ4v) is 5.22. The minimum atomic E-state index is -0.269. The number of rotatable bonds is 8. The number of hydrogen-bond acceptors (Lipinski definition) is 6. The summed E-state index contributed by atoms with van der Waals surface area (Å²) < 4.78 is 12.9. The number of thiophene rings is 1. The number of amides is 2. The molecule has 0 bridgehead atoms. The molecule has 0 saturated heterocycles. The van der Waals surface area contributed by atoms with Crippen molar-refractivity contribution >= 4 is 51.4 Å². The minimum absolute atomic E-state index is 0.0626. The first-order valence-electron chi connectivity index (χ1n) is 8.90. The van der Waals surface area contributed by atoms with Crippen LogP contribution in [0, 0.1) is 12.7 Å². The quantitative estimate of drug-likeness (QED) is 0.471. The lowest BCUT2D eigenvalue weighted by molar-refractivity contribution is -0.119. The number of aryl methyl sites for hydroxylation is 1. The highest BCUT2D eigenvalue weighted by Crippen LogP contribution is 2.34. The summed E-state index contributed by atoms with van der Waals surface area (Å²) in [6.07, 6.45) is 0.343. The van der Waals surface area contributed by atoms with E-state index in [0.717, 1.165) is 25.2 Å². The van der Waals surface area contributed by atoms with Gasteiger partial charge in [0.05, 0.1) is 17.1 Å². The summed E-state index contributed by atoms with van der Waals surface area (Å²) in [5, 5.41) is 6.22. The van der Waals surface area contributed by atoms with E-state index in [4.69, 9.17) is 0 Å². The average molecular weight is 450 g/mol. The molecule has 9 heteroatoms. The van der Waals surface area contributed by atoms with Gasteiger partial charge in [0.15, 0.2) is 5.13 Å². The lowest BCUT2D eigenvalue weighted by Gasteiger charge is -2.02. The van der Waals surface area contributed by atoms with Crippen molar-refractivity contribution in [1.82, 2.24) is 10.3 Å². The van der Waals surface area contributed by atoms with E-state index in [2.05, 4.69) is 15.6 Å². The number of carbonyl (C=O) groups is 2. The molecule has 2 heterocycles. The molecular weight excluding hydrogens is 429 g/mol. The molecule has 2 N–H and O–H groups in total. The molecule has 0 aliphatic carbocycles. The molecule has 0 spiro atoms. The fourth-order valence-electron chi connectivity index (χ4n) is 2.46. The van der Waals surface area contributed by atoms with Gasteiger partial charge in [0.25, 0.3) is 0 Å². The number of benzene rings is 1. The van der Waals surface area contributed by atoms with Gasteiger partial charge in [-0.25, -0.2) is 9.37 Å². The summed E-state index contributed by atoms with van der Waals surface area (Å²) in [6.45, 7) is 3.96. The van der Waals surface area contributed by atoms with Gasteiger partial charge in [0.2, 0.25) is 11.8 Å². The first kappa shape index (κ1) is 21.5. The Balaban J connectivity index is 1.53. The Kier molecular flexibility index (Phi) is 7.40. The standard InChI is InChI=1S/C20H20FN3O2S3/c1-12-19(17-8-7-16(29-17)11-22-13(2)25)24-20(28-12)23-18(26)9-10-27-15-5-3-14(21)4-6-15/h3-8H,9-11H2,1-2H3,(H,22,25)(H,23,24,26). The van der Waals surface area contributed by atoms with E-state index >= 15 is 0 Å². The number of nitrogens with zero attached hydrogens (tertiary/aromatic N) is 1. The molecule has 0 saturated carbocycles. The van der Waals surface area contributed by atoms with Crippen molar-refractivity contribution in [2.45, 2.75) is 31.7 Å². The molecule has 29 heavy (non-hydrogen) atoms. The number of hydrogen-bond donors (Lipinski definition) is 2. The predicted octanol–water partition coefficient (Wildman–Crippen LogP) is 5.08. The molecule has 1 aromatic carbocycles. The third kappa shape index (κ3) is 6.38. The summed E-state index contributed by atoms with van der Waals surface area (Å²) >= 11 is 4.53. The molecule has 0 fully saturated rings. The highest BCUT2D eigenvalue weighted by Gasteiger charge is 2.14. The van der Waals surface area contributed by atoms with E-state index in [-0.39, 0.29) is 17.6 Å². The second-order valence-corrected chi connectivity index (χ2v) is 9.74. The van der Waals surface area contributed by atoms with Gasteiger partial charge >= 0.3 is 0 Å². The first-order chi connectivity index (χ1) is 13.9. The van der Waals surface area contributed by atoms with Crippen LogP contribution in [0.3, 0.4) is 0 Å². The van der Waals surface area contributed by atoms with Crippen molar-refractivity contribution in [3.63, 3.8) is 0 Å². The third-order valence-corrected chi connectivity index (χ3v) is 6.85. The monoisotopic (exact) mass is 449 g/mol. The molecule has 0 atom stereocenters. The van der Waals surface area contributed by atoms with Gasteiger partial charge in [0.1, 0.15) is 5.82 Å². The lowest BCUT2D eigenvalue weighted by atomic mass is 10.3. The zero-order valence-corrected chi connectivity index (χ0v) is 18.4. The Bertz CT molecular complexity index is 999. The molecule has 0 aliphatic heterocycles. The molecule has 3 rings (SSSR count). The van der Waals surface area contributed by atoms with Crippen molar-refractivity contribution in [3.8, 4) is 10.6 Å². The van der Waals surface area contributed by atoms with Crippen LogP contribution in [0.4, 0.5) is 9.52 Å². The van der Waals surface area contributed by atoms with Gasteiger partial charge < -0.3 is 10.6 Å². The van der Waals surface area contributed by atoms with Gasteiger partial charge in [-0.05, 0) is 43.3 Å². The summed E-state index contributed by atoms with van der Waals surface area (Å²) in [4.78, 5) is 31.8. The number of nitrogens with one attached hydrogen (secondary N) is 2. The number of carbonyl (C=O) groups excluding carboxylic acids is 2. The Morgan fingerprint density at radius 1 is 1.14 bits per heavy atom. The van der Waals surface area contributed by atoms with Gasteiger partial charge in [-0.1, -0.05) is 0 Å². The smallest absolute Gasteiger partial charge is 0.226 e. The van der Waals surface area contributed by atoms with Gasteiger partial charge in [-0.2, -0.15) is 0 Å². The van der Waals surface area contributed by atoms with Gasteiger partial charge in [-0.15, -0.1) is 34.4 Å². The molecule has 3 aromatic rings. The Morgan fingerprint density at radius 2 is 1.90 bits per heavy atom. The van der Waals surface area contributed by atoms with Crippen LogP contribution in [0.5, 0.6) is 0 Å². The summed E-state index contributed by atoms with van der Waals surface area (Å²) in [6, 6.07) is 10.2. The number of anilines is 1. The molecule has 152 valence electrons. The lowest BCUT2D eigenvalue weighted by Crippen LogP contribution is -2.17. The zero-order chi connectivity index (χ0) is 20.8. The van der Waals surface area contributed by atoms with Crippen LogP contribution >= 0.6 is 34.4 Å². The average Bonchev–Trinajstić information content (AvgIpc) is 3.28. The number of halogens is 1. The topological polar surface area (TPSA) is 71.1 Å². The highest BCUT2D eigenvalue weighted by molar-refractivity contribution is 7.99. The minimum Gasteiger partial charge on any atom is -0.351 e. The predicted molar refractivity (Wildman–Crippen MR) is 118 cm³/mol.